The highest BCUT2D eigenvalue weighted by Gasteiger charge is 2.23. The fraction of sp³-hybridized carbons (Fsp3) is 0.357. The fourth-order valence-corrected chi connectivity index (χ4v) is 2.29. The van der Waals surface area contributed by atoms with E-state index in [4.69, 9.17) is 15.7 Å². The second-order valence-electron chi connectivity index (χ2n) is 4.36. The molecular formula is C14H19N3O4S. The zero-order valence-electron chi connectivity index (χ0n) is 12.4. The molecule has 120 valence electrons. The Bertz CT molecular complexity index is 563. The number of esters is 1. The molecule has 7 nitrogen and oxygen atoms in total. The van der Waals surface area contributed by atoms with E-state index in [9.17, 15) is 9.59 Å². The van der Waals surface area contributed by atoms with Gasteiger partial charge in [0, 0.05) is 5.56 Å². The van der Waals surface area contributed by atoms with E-state index in [0.29, 0.717) is 12.2 Å². The molecule has 0 fully saturated rings. The number of carbonyl (C=O) groups is 2. The molecule has 0 bridgehead atoms. The van der Waals surface area contributed by atoms with Crippen LogP contribution in [0.2, 0.25) is 0 Å². The van der Waals surface area contributed by atoms with E-state index < -0.39 is 17.9 Å². The van der Waals surface area contributed by atoms with Crippen LogP contribution in [0.25, 0.3) is 0 Å². The Balaban J connectivity index is 2.97. The van der Waals surface area contributed by atoms with Crippen molar-refractivity contribution in [3.05, 3.63) is 35.4 Å². The first-order valence-electron chi connectivity index (χ1n) is 6.49. The highest BCUT2D eigenvalue weighted by molar-refractivity contribution is 7.98. The molecule has 0 aliphatic heterocycles. The molecule has 22 heavy (non-hydrogen) atoms. The van der Waals surface area contributed by atoms with Crippen molar-refractivity contribution >= 4 is 29.5 Å². The molecule has 0 spiro atoms. The van der Waals surface area contributed by atoms with Crippen molar-refractivity contribution in [3.8, 4) is 0 Å². The van der Waals surface area contributed by atoms with Gasteiger partial charge in [0.1, 0.15) is 6.04 Å². The second-order valence-corrected chi connectivity index (χ2v) is 5.35. The summed E-state index contributed by atoms with van der Waals surface area (Å²) in [5, 5.41) is 14.3. The summed E-state index contributed by atoms with van der Waals surface area (Å²) in [6, 6.07) is 5.66. The molecule has 1 aromatic rings. The Morgan fingerprint density at radius 2 is 2.05 bits per heavy atom. The number of oxime groups is 1. The van der Waals surface area contributed by atoms with Crippen LogP contribution in [0.5, 0.6) is 0 Å². The van der Waals surface area contributed by atoms with Crippen LogP contribution in [0.15, 0.2) is 29.4 Å². The molecule has 0 heterocycles. The minimum Gasteiger partial charge on any atom is -0.467 e. The van der Waals surface area contributed by atoms with Crippen LogP contribution in [0, 0.1) is 0 Å². The maximum absolute atomic E-state index is 12.4. The fourth-order valence-electron chi connectivity index (χ4n) is 1.82. The number of carbonyl (C=O) groups excluding carboxylic acids is 2. The molecule has 0 unspecified atom stereocenters. The molecule has 0 aromatic heterocycles. The van der Waals surface area contributed by atoms with Crippen molar-refractivity contribution in [1.82, 2.24) is 5.32 Å². The summed E-state index contributed by atoms with van der Waals surface area (Å²) < 4.78 is 4.69. The van der Waals surface area contributed by atoms with Gasteiger partial charge in [-0.15, -0.1) is 0 Å². The molecule has 1 atom stereocenters. The Kier molecular flexibility index (Phi) is 7.24. The summed E-state index contributed by atoms with van der Waals surface area (Å²) in [6.45, 7) is 0. The largest absolute Gasteiger partial charge is 0.467 e. The third-order valence-corrected chi connectivity index (χ3v) is 3.60. The molecule has 4 N–H and O–H groups in total. The summed E-state index contributed by atoms with van der Waals surface area (Å²) in [7, 11) is 1.27. The Morgan fingerprint density at radius 3 is 2.59 bits per heavy atom. The number of hydrogen-bond acceptors (Lipinski definition) is 6. The first-order valence-corrected chi connectivity index (χ1v) is 7.89. The third kappa shape index (κ3) is 4.66. The zero-order chi connectivity index (χ0) is 16.5. The van der Waals surface area contributed by atoms with E-state index >= 15 is 0 Å². The van der Waals surface area contributed by atoms with Crippen molar-refractivity contribution in [1.29, 1.82) is 0 Å². The molecule has 8 heteroatoms. The van der Waals surface area contributed by atoms with Gasteiger partial charge >= 0.3 is 5.97 Å². The SMILES string of the molecule is COC(=O)[C@H](CCSC)NC(=O)c1ccccc1C(N)=NO. The van der Waals surface area contributed by atoms with Crippen LogP contribution >= 0.6 is 11.8 Å². The lowest BCUT2D eigenvalue weighted by atomic mass is 10.1. The van der Waals surface area contributed by atoms with Gasteiger partial charge in [-0.25, -0.2) is 4.79 Å². The van der Waals surface area contributed by atoms with E-state index in [2.05, 4.69) is 10.5 Å². The maximum Gasteiger partial charge on any atom is 0.328 e. The van der Waals surface area contributed by atoms with Gasteiger partial charge in [-0.2, -0.15) is 11.8 Å². The van der Waals surface area contributed by atoms with Crippen molar-refractivity contribution in [3.63, 3.8) is 0 Å². The lowest BCUT2D eigenvalue weighted by molar-refractivity contribution is -0.142. The van der Waals surface area contributed by atoms with E-state index in [-0.39, 0.29) is 17.0 Å². The van der Waals surface area contributed by atoms with Crippen LogP contribution in [-0.4, -0.2) is 48.1 Å². The smallest absolute Gasteiger partial charge is 0.328 e. The highest BCUT2D eigenvalue weighted by Crippen LogP contribution is 2.10. The van der Waals surface area contributed by atoms with E-state index in [1.165, 1.54) is 13.2 Å². The predicted molar refractivity (Wildman–Crippen MR) is 85.2 cm³/mol. The molecule has 0 aliphatic carbocycles. The molecular weight excluding hydrogens is 306 g/mol. The lowest BCUT2D eigenvalue weighted by Crippen LogP contribution is -2.42. The van der Waals surface area contributed by atoms with Crippen LogP contribution in [0.3, 0.4) is 0 Å². The summed E-state index contributed by atoms with van der Waals surface area (Å²) in [5.74, 6) is -0.478. The van der Waals surface area contributed by atoms with Gasteiger partial charge in [0.25, 0.3) is 5.91 Å². The van der Waals surface area contributed by atoms with Crippen molar-refractivity contribution in [2.24, 2.45) is 10.9 Å². The lowest BCUT2D eigenvalue weighted by Gasteiger charge is -2.17. The Morgan fingerprint density at radius 1 is 1.41 bits per heavy atom. The van der Waals surface area contributed by atoms with Gasteiger partial charge in [0.05, 0.1) is 12.7 Å². The summed E-state index contributed by atoms with van der Waals surface area (Å²) in [6.07, 6.45) is 2.36. The number of ether oxygens (including phenoxy) is 1. The summed E-state index contributed by atoms with van der Waals surface area (Å²) >= 11 is 1.56. The summed E-state index contributed by atoms with van der Waals surface area (Å²) in [5.41, 5.74) is 6.06. The highest BCUT2D eigenvalue weighted by atomic mass is 32.2. The standard InChI is InChI=1S/C14H19N3O4S/c1-21-14(19)11(7-8-22-2)16-13(18)10-6-4-3-5-9(10)12(15)17-20/h3-6,11,20H,7-8H2,1-2H3,(H2,15,17)(H,16,18)/t11-/m0/s1. The minimum atomic E-state index is -0.745. The number of nitrogens with zero attached hydrogens (tertiary/aromatic N) is 1. The quantitative estimate of drug-likeness (QED) is 0.225. The maximum atomic E-state index is 12.4. The van der Waals surface area contributed by atoms with Crippen LogP contribution in [0.1, 0.15) is 22.3 Å². The normalized spacial score (nSPS) is 12.5. The molecule has 1 rings (SSSR count). The second kappa shape index (κ2) is 8.93. The number of nitrogens with two attached hydrogens (primary N) is 1. The third-order valence-electron chi connectivity index (χ3n) is 2.96. The first kappa shape index (κ1) is 17.8. The van der Waals surface area contributed by atoms with Crippen LogP contribution < -0.4 is 11.1 Å². The number of rotatable bonds is 7. The number of benzene rings is 1. The van der Waals surface area contributed by atoms with Gasteiger partial charge in [-0.1, -0.05) is 23.4 Å². The number of amides is 1. The molecule has 0 saturated heterocycles. The van der Waals surface area contributed by atoms with E-state index in [0.717, 1.165) is 0 Å². The first-order chi connectivity index (χ1) is 10.5. The Labute approximate surface area is 132 Å². The predicted octanol–water partition coefficient (Wildman–Crippen LogP) is 0.806. The number of nitrogens with one attached hydrogen (secondary N) is 1. The van der Waals surface area contributed by atoms with Crippen molar-refractivity contribution < 1.29 is 19.5 Å². The number of methoxy groups -OCH3 is 1. The molecule has 1 amide bonds. The monoisotopic (exact) mass is 325 g/mol. The van der Waals surface area contributed by atoms with Gasteiger partial charge in [-0.3, -0.25) is 4.79 Å². The number of hydrogen-bond donors (Lipinski definition) is 3. The van der Waals surface area contributed by atoms with Crippen LogP contribution in [-0.2, 0) is 9.53 Å². The van der Waals surface area contributed by atoms with E-state index in [1.807, 2.05) is 6.26 Å². The Hall–Kier alpha value is -2.22. The average Bonchev–Trinajstić information content (AvgIpc) is 2.56. The molecule has 0 radical (unpaired) electrons. The van der Waals surface area contributed by atoms with Crippen LogP contribution in [0.4, 0.5) is 0 Å². The van der Waals surface area contributed by atoms with Gasteiger partial charge in [0.15, 0.2) is 5.84 Å². The minimum absolute atomic E-state index is 0.176. The van der Waals surface area contributed by atoms with Gasteiger partial charge < -0.3 is 21.0 Å². The summed E-state index contributed by atoms with van der Waals surface area (Å²) in [4.78, 5) is 24.1. The van der Waals surface area contributed by atoms with E-state index in [1.54, 1.807) is 30.0 Å². The van der Waals surface area contributed by atoms with Gasteiger partial charge in [-0.05, 0) is 24.5 Å². The molecule has 1 aromatic carbocycles. The van der Waals surface area contributed by atoms with Crippen molar-refractivity contribution in [2.75, 3.05) is 19.1 Å². The number of thioether (sulfide) groups is 1. The molecule has 0 saturated carbocycles. The topological polar surface area (TPSA) is 114 Å². The molecule has 0 aliphatic rings. The average molecular weight is 325 g/mol. The number of amidine groups is 1. The van der Waals surface area contributed by atoms with Gasteiger partial charge in [0.2, 0.25) is 0 Å². The van der Waals surface area contributed by atoms with Crippen molar-refractivity contribution in [2.45, 2.75) is 12.5 Å². The zero-order valence-corrected chi connectivity index (χ0v) is 13.2.